The number of rotatable bonds is 6. The highest BCUT2D eigenvalue weighted by Crippen LogP contribution is 2.27. The molecule has 2 aromatic heterocycles. The van der Waals surface area contributed by atoms with Crippen LogP contribution in [0.5, 0.6) is 0 Å². The van der Waals surface area contributed by atoms with Crippen molar-refractivity contribution < 1.29 is 9.53 Å². The fraction of sp³-hybridized carbons (Fsp3) is 0.115. The summed E-state index contributed by atoms with van der Waals surface area (Å²) in [6, 6.07) is 24.8. The number of aromatic amines is 1. The molecule has 2 heterocycles. The van der Waals surface area contributed by atoms with Crippen molar-refractivity contribution in [3.05, 3.63) is 100 Å². The SMILES string of the molecule is Cc1ccccc1-n1c(SCC(=O)OCc2ccccc2)nc2c([nH]c3ccccc32)c1=O. The average Bonchev–Trinajstić information content (AvgIpc) is 3.22. The van der Waals surface area contributed by atoms with Gasteiger partial charge in [-0.1, -0.05) is 78.5 Å². The maximum absolute atomic E-state index is 13.6. The van der Waals surface area contributed by atoms with E-state index in [2.05, 4.69) is 4.98 Å². The Morgan fingerprint density at radius 1 is 1.00 bits per heavy atom. The van der Waals surface area contributed by atoms with E-state index < -0.39 is 0 Å². The molecule has 0 atom stereocenters. The number of aromatic nitrogens is 3. The summed E-state index contributed by atoms with van der Waals surface area (Å²) in [4.78, 5) is 34.1. The Labute approximate surface area is 194 Å². The number of para-hydroxylation sites is 2. The Balaban J connectivity index is 1.52. The fourth-order valence-corrected chi connectivity index (χ4v) is 4.57. The second-order valence-electron chi connectivity index (χ2n) is 7.65. The summed E-state index contributed by atoms with van der Waals surface area (Å²) in [5.41, 5.74) is 4.27. The minimum atomic E-state index is -0.367. The van der Waals surface area contributed by atoms with E-state index in [0.717, 1.165) is 27.7 Å². The number of carbonyl (C=O) groups excluding carboxylic acids is 1. The van der Waals surface area contributed by atoms with Crippen LogP contribution in [0.25, 0.3) is 27.6 Å². The van der Waals surface area contributed by atoms with Crippen LogP contribution in [0, 0.1) is 6.92 Å². The van der Waals surface area contributed by atoms with E-state index in [4.69, 9.17) is 9.72 Å². The van der Waals surface area contributed by atoms with Crippen molar-refractivity contribution >= 4 is 39.7 Å². The van der Waals surface area contributed by atoms with Crippen LogP contribution >= 0.6 is 11.8 Å². The molecule has 33 heavy (non-hydrogen) atoms. The second kappa shape index (κ2) is 8.96. The molecule has 0 saturated carbocycles. The second-order valence-corrected chi connectivity index (χ2v) is 8.59. The van der Waals surface area contributed by atoms with Gasteiger partial charge >= 0.3 is 5.97 Å². The first-order valence-corrected chi connectivity index (χ1v) is 11.5. The van der Waals surface area contributed by atoms with Gasteiger partial charge in [-0.05, 0) is 30.2 Å². The normalized spacial score (nSPS) is 11.2. The summed E-state index contributed by atoms with van der Waals surface area (Å²) in [7, 11) is 0. The fourth-order valence-electron chi connectivity index (χ4n) is 3.77. The Kier molecular flexibility index (Phi) is 5.71. The van der Waals surface area contributed by atoms with E-state index >= 15 is 0 Å². The van der Waals surface area contributed by atoms with Gasteiger partial charge in [0.15, 0.2) is 5.16 Å². The van der Waals surface area contributed by atoms with Crippen molar-refractivity contribution in [2.75, 3.05) is 5.75 Å². The van der Waals surface area contributed by atoms with E-state index in [1.54, 1.807) is 4.57 Å². The van der Waals surface area contributed by atoms with Crippen LogP contribution in [0.15, 0.2) is 88.8 Å². The molecular formula is C26H21N3O3S. The zero-order valence-corrected chi connectivity index (χ0v) is 18.8. The van der Waals surface area contributed by atoms with Crippen LogP contribution < -0.4 is 5.56 Å². The van der Waals surface area contributed by atoms with Gasteiger partial charge in [0, 0.05) is 10.9 Å². The largest absolute Gasteiger partial charge is 0.460 e. The third-order valence-corrected chi connectivity index (χ3v) is 6.32. The molecule has 0 spiro atoms. The molecular weight excluding hydrogens is 434 g/mol. The van der Waals surface area contributed by atoms with E-state index in [1.807, 2.05) is 85.8 Å². The molecule has 164 valence electrons. The molecule has 0 aliphatic rings. The van der Waals surface area contributed by atoms with E-state index in [9.17, 15) is 9.59 Å². The third-order valence-electron chi connectivity index (χ3n) is 5.41. The molecule has 1 N–H and O–H groups in total. The number of fused-ring (bicyclic) bond motifs is 3. The first kappa shape index (κ1) is 21.0. The lowest BCUT2D eigenvalue weighted by molar-refractivity contribution is -0.141. The number of aryl methyl sites for hydroxylation is 1. The van der Waals surface area contributed by atoms with Gasteiger partial charge in [0.05, 0.1) is 11.4 Å². The lowest BCUT2D eigenvalue weighted by atomic mass is 10.2. The zero-order chi connectivity index (χ0) is 22.8. The Bertz CT molecular complexity index is 1520. The van der Waals surface area contributed by atoms with Gasteiger partial charge in [-0.3, -0.25) is 14.2 Å². The van der Waals surface area contributed by atoms with E-state index in [1.165, 1.54) is 11.8 Å². The molecule has 0 aliphatic carbocycles. The van der Waals surface area contributed by atoms with Crippen molar-refractivity contribution in [1.29, 1.82) is 0 Å². The molecule has 0 aliphatic heterocycles. The number of ether oxygens (including phenoxy) is 1. The van der Waals surface area contributed by atoms with Gasteiger partial charge < -0.3 is 9.72 Å². The standard InChI is InChI=1S/C26H21N3O3S/c1-17-9-5-8-14-21(17)29-25(31)24-23(19-12-6-7-13-20(19)27-24)28-26(29)33-16-22(30)32-15-18-10-3-2-4-11-18/h2-14,27H,15-16H2,1H3. The summed E-state index contributed by atoms with van der Waals surface area (Å²) in [6.07, 6.45) is 0. The topological polar surface area (TPSA) is 77.0 Å². The molecule has 5 rings (SSSR count). The molecule has 0 fully saturated rings. The lowest BCUT2D eigenvalue weighted by Crippen LogP contribution is -2.23. The number of thioether (sulfide) groups is 1. The monoisotopic (exact) mass is 455 g/mol. The smallest absolute Gasteiger partial charge is 0.316 e. The first-order valence-electron chi connectivity index (χ1n) is 10.5. The quantitative estimate of drug-likeness (QED) is 0.221. The van der Waals surface area contributed by atoms with Crippen molar-refractivity contribution in [2.45, 2.75) is 18.7 Å². The van der Waals surface area contributed by atoms with Gasteiger partial charge in [-0.25, -0.2) is 4.98 Å². The number of benzene rings is 3. The van der Waals surface area contributed by atoms with Crippen LogP contribution in [-0.2, 0) is 16.1 Å². The third kappa shape index (κ3) is 4.15. The van der Waals surface area contributed by atoms with Crippen molar-refractivity contribution in [2.24, 2.45) is 0 Å². The lowest BCUT2D eigenvalue weighted by Gasteiger charge is -2.14. The number of hydrogen-bond donors (Lipinski definition) is 1. The van der Waals surface area contributed by atoms with Gasteiger partial charge in [-0.15, -0.1) is 0 Å². The predicted molar refractivity (Wildman–Crippen MR) is 131 cm³/mol. The summed E-state index contributed by atoms with van der Waals surface area (Å²) in [5.74, 6) is -0.326. The predicted octanol–water partition coefficient (Wildman–Crippen LogP) is 5.01. The molecule has 0 amide bonds. The molecule has 0 radical (unpaired) electrons. The summed E-state index contributed by atoms with van der Waals surface area (Å²) in [6.45, 7) is 2.15. The molecule has 0 bridgehead atoms. The molecule has 5 aromatic rings. The summed E-state index contributed by atoms with van der Waals surface area (Å²) < 4.78 is 6.98. The van der Waals surface area contributed by atoms with Gasteiger partial charge in [-0.2, -0.15) is 0 Å². The minimum Gasteiger partial charge on any atom is -0.460 e. The van der Waals surface area contributed by atoms with Crippen LogP contribution in [-0.4, -0.2) is 26.3 Å². The van der Waals surface area contributed by atoms with Crippen molar-refractivity contribution in [1.82, 2.24) is 14.5 Å². The number of hydrogen-bond acceptors (Lipinski definition) is 5. The Morgan fingerprint density at radius 3 is 2.55 bits per heavy atom. The highest BCUT2D eigenvalue weighted by atomic mass is 32.2. The Morgan fingerprint density at radius 2 is 1.73 bits per heavy atom. The van der Waals surface area contributed by atoms with Crippen molar-refractivity contribution in [3.63, 3.8) is 0 Å². The molecule has 0 saturated heterocycles. The van der Waals surface area contributed by atoms with Crippen LogP contribution in [0.4, 0.5) is 0 Å². The van der Waals surface area contributed by atoms with Gasteiger partial charge in [0.2, 0.25) is 0 Å². The highest BCUT2D eigenvalue weighted by molar-refractivity contribution is 7.99. The van der Waals surface area contributed by atoms with E-state index in [0.29, 0.717) is 16.2 Å². The number of carbonyl (C=O) groups is 1. The van der Waals surface area contributed by atoms with E-state index in [-0.39, 0.29) is 23.9 Å². The minimum absolute atomic E-state index is 0.0407. The van der Waals surface area contributed by atoms with Gasteiger partial charge in [0.1, 0.15) is 17.6 Å². The maximum Gasteiger partial charge on any atom is 0.316 e. The van der Waals surface area contributed by atoms with Gasteiger partial charge in [0.25, 0.3) is 5.56 Å². The number of nitrogens with zero attached hydrogens (tertiary/aromatic N) is 2. The molecule has 7 heteroatoms. The number of nitrogens with one attached hydrogen (secondary N) is 1. The number of esters is 1. The van der Waals surface area contributed by atoms with Crippen LogP contribution in [0.1, 0.15) is 11.1 Å². The first-order chi connectivity index (χ1) is 16.1. The number of H-pyrrole nitrogens is 1. The zero-order valence-electron chi connectivity index (χ0n) is 17.9. The summed E-state index contributed by atoms with van der Waals surface area (Å²) >= 11 is 1.20. The molecule has 6 nitrogen and oxygen atoms in total. The maximum atomic E-state index is 13.6. The Hall–Kier alpha value is -3.84. The average molecular weight is 456 g/mol. The highest BCUT2D eigenvalue weighted by Gasteiger charge is 2.19. The van der Waals surface area contributed by atoms with Crippen LogP contribution in [0.3, 0.4) is 0 Å². The van der Waals surface area contributed by atoms with Crippen LogP contribution in [0.2, 0.25) is 0 Å². The van der Waals surface area contributed by atoms with Crippen molar-refractivity contribution in [3.8, 4) is 5.69 Å². The molecule has 0 unspecified atom stereocenters. The molecule has 3 aromatic carbocycles. The summed E-state index contributed by atoms with van der Waals surface area (Å²) in [5, 5.41) is 1.32.